The molecule has 0 aliphatic carbocycles. The molecule has 0 saturated carbocycles. The molecule has 1 amide bonds. The van der Waals surface area contributed by atoms with Crippen LogP contribution in [0.4, 0.5) is 5.69 Å². The highest BCUT2D eigenvalue weighted by atomic mass is 32.2. The molecular formula is C20H23NOS. The average Bonchev–Trinajstić information content (AvgIpc) is 2.55. The summed E-state index contributed by atoms with van der Waals surface area (Å²) in [5.41, 5.74) is 4.19. The van der Waals surface area contributed by atoms with Crippen molar-refractivity contribution in [1.29, 1.82) is 0 Å². The lowest BCUT2D eigenvalue weighted by molar-refractivity contribution is -0.111. The molecule has 0 aromatic heterocycles. The lowest BCUT2D eigenvalue weighted by Gasteiger charge is -2.15. The van der Waals surface area contributed by atoms with Gasteiger partial charge in [-0.1, -0.05) is 44.2 Å². The minimum atomic E-state index is -0.102. The van der Waals surface area contributed by atoms with E-state index in [9.17, 15) is 4.79 Å². The fourth-order valence-electron chi connectivity index (χ4n) is 2.39. The zero-order valence-corrected chi connectivity index (χ0v) is 14.9. The highest BCUT2D eigenvalue weighted by Crippen LogP contribution is 2.27. The van der Waals surface area contributed by atoms with E-state index in [0.717, 1.165) is 22.4 Å². The summed E-state index contributed by atoms with van der Waals surface area (Å²) in [5, 5.41) is 3.02. The number of thioether (sulfide) groups is 1. The van der Waals surface area contributed by atoms with Crippen molar-refractivity contribution < 1.29 is 4.79 Å². The zero-order valence-electron chi connectivity index (χ0n) is 14.1. The first-order valence-electron chi connectivity index (χ1n) is 7.74. The SMILES string of the molecule is CSc1ccc(/C=C/C(=O)Nc2c(C)cccc2C(C)C)cc1. The van der Waals surface area contributed by atoms with Crippen LogP contribution in [0.15, 0.2) is 53.4 Å². The molecule has 0 unspecified atom stereocenters. The summed E-state index contributed by atoms with van der Waals surface area (Å²) in [6.45, 7) is 6.29. The van der Waals surface area contributed by atoms with Gasteiger partial charge in [-0.15, -0.1) is 11.8 Å². The number of carbonyl (C=O) groups excluding carboxylic acids is 1. The lowest BCUT2D eigenvalue weighted by Crippen LogP contribution is -2.11. The molecule has 0 heterocycles. The molecule has 2 aromatic carbocycles. The Kier molecular flexibility index (Phi) is 6.05. The molecule has 0 aliphatic rings. The molecule has 2 aromatic rings. The molecule has 0 spiro atoms. The molecule has 120 valence electrons. The molecule has 2 nitrogen and oxygen atoms in total. The Morgan fingerprint density at radius 2 is 1.83 bits per heavy atom. The summed E-state index contributed by atoms with van der Waals surface area (Å²) >= 11 is 1.71. The third-order valence-corrected chi connectivity index (χ3v) is 4.46. The van der Waals surface area contributed by atoms with E-state index >= 15 is 0 Å². The van der Waals surface area contributed by atoms with Crippen LogP contribution in [-0.2, 0) is 4.79 Å². The summed E-state index contributed by atoms with van der Waals surface area (Å²) in [6, 6.07) is 14.3. The van der Waals surface area contributed by atoms with Crippen LogP contribution in [0.25, 0.3) is 6.08 Å². The number of nitrogens with one attached hydrogen (secondary N) is 1. The average molecular weight is 325 g/mol. The second kappa shape index (κ2) is 8.02. The number of rotatable bonds is 5. The van der Waals surface area contributed by atoms with E-state index in [-0.39, 0.29) is 5.91 Å². The van der Waals surface area contributed by atoms with Crippen LogP contribution in [0.2, 0.25) is 0 Å². The first-order valence-corrected chi connectivity index (χ1v) is 8.96. The van der Waals surface area contributed by atoms with Crippen LogP contribution in [0.3, 0.4) is 0 Å². The third-order valence-electron chi connectivity index (χ3n) is 3.72. The highest BCUT2D eigenvalue weighted by Gasteiger charge is 2.10. The molecule has 0 fully saturated rings. The predicted molar refractivity (Wildman–Crippen MR) is 101 cm³/mol. The maximum atomic E-state index is 12.2. The topological polar surface area (TPSA) is 29.1 Å². The van der Waals surface area contributed by atoms with Crippen LogP contribution in [0.1, 0.15) is 36.5 Å². The normalized spacial score (nSPS) is 11.2. The van der Waals surface area contributed by atoms with Gasteiger partial charge in [0.25, 0.3) is 0 Å². The van der Waals surface area contributed by atoms with Crippen LogP contribution in [0, 0.1) is 6.92 Å². The minimum absolute atomic E-state index is 0.102. The fraction of sp³-hybridized carbons (Fsp3) is 0.250. The van der Waals surface area contributed by atoms with Crippen molar-refractivity contribution in [3.63, 3.8) is 0 Å². The maximum Gasteiger partial charge on any atom is 0.248 e. The molecule has 3 heteroatoms. The van der Waals surface area contributed by atoms with E-state index in [2.05, 4.69) is 37.4 Å². The summed E-state index contributed by atoms with van der Waals surface area (Å²) in [4.78, 5) is 13.4. The third kappa shape index (κ3) is 4.73. The largest absolute Gasteiger partial charge is 0.322 e. The molecule has 1 N–H and O–H groups in total. The van der Waals surface area contributed by atoms with Gasteiger partial charge >= 0.3 is 0 Å². The van der Waals surface area contributed by atoms with E-state index in [0.29, 0.717) is 5.92 Å². The van der Waals surface area contributed by atoms with Crippen molar-refractivity contribution in [2.75, 3.05) is 11.6 Å². The number of hydrogen-bond acceptors (Lipinski definition) is 2. The predicted octanol–water partition coefficient (Wildman–Crippen LogP) is 5.49. The van der Waals surface area contributed by atoms with E-state index in [1.54, 1.807) is 17.8 Å². The van der Waals surface area contributed by atoms with E-state index in [4.69, 9.17) is 0 Å². The highest BCUT2D eigenvalue weighted by molar-refractivity contribution is 7.98. The monoisotopic (exact) mass is 325 g/mol. The quantitative estimate of drug-likeness (QED) is 0.581. The summed E-state index contributed by atoms with van der Waals surface area (Å²) < 4.78 is 0. The Morgan fingerprint density at radius 1 is 1.13 bits per heavy atom. The first kappa shape index (κ1) is 17.4. The van der Waals surface area contributed by atoms with Gasteiger partial charge in [-0.25, -0.2) is 0 Å². The standard InChI is InChI=1S/C20H23NOS/c1-14(2)18-7-5-6-15(3)20(18)21-19(22)13-10-16-8-11-17(23-4)12-9-16/h5-14H,1-4H3,(H,21,22)/b13-10+. The molecule has 0 saturated heterocycles. The van der Waals surface area contributed by atoms with Gasteiger partial charge in [0.2, 0.25) is 5.91 Å². The number of hydrogen-bond donors (Lipinski definition) is 1. The van der Waals surface area contributed by atoms with Gasteiger partial charge in [-0.3, -0.25) is 4.79 Å². The Labute approximate surface area is 143 Å². The lowest BCUT2D eigenvalue weighted by atomic mass is 9.98. The van der Waals surface area contributed by atoms with Gasteiger partial charge in [0.05, 0.1) is 0 Å². The van der Waals surface area contributed by atoms with E-state index in [1.165, 1.54) is 4.90 Å². The second-order valence-corrected chi connectivity index (χ2v) is 6.67. The Hall–Kier alpha value is -2.00. The molecule has 0 bridgehead atoms. The van der Waals surface area contributed by atoms with Crippen LogP contribution in [0.5, 0.6) is 0 Å². The summed E-state index contributed by atoms with van der Waals surface area (Å²) in [7, 11) is 0. The molecule has 2 rings (SSSR count). The number of aryl methyl sites for hydroxylation is 1. The molecule has 23 heavy (non-hydrogen) atoms. The van der Waals surface area contributed by atoms with Crippen LogP contribution < -0.4 is 5.32 Å². The second-order valence-electron chi connectivity index (χ2n) is 5.79. The van der Waals surface area contributed by atoms with Crippen LogP contribution >= 0.6 is 11.8 Å². The van der Waals surface area contributed by atoms with Crippen molar-refractivity contribution >= 4 is 29.4 Å². The van der Waals surface area contributed by atoms with Crippen molar-refractivity contribution in [3.05, 3.63) is 65.2 Å². The maximum absolute atomic E-state index is 12.2. The van der Waals surface area contributed by atoms with Gasteiger partial charge in [-0.05, 0) is 54.0 Å². The zero-order chi connectivity index (χ0) is 16.8. The van der Waals surface area contributed by atoms with Gasteiger partial charge < -0.3 is 5.32 Å². The first-order chi connectivity index (χ1) is 11.0. The number of amides is 1. The van der Waals surface area contributed by atoms with Gasteiger partial charge in [-0.2, -0.15) is 0 Å². The molecular weight excluding hydrogens is 302 g/mol. The van der Waals surface area contributed by atoms with E-state index in [1.807, 2.05) is 43.5 Å². The molecule has 0 radical (unpaired) electrons. The number of anilines is 1. The van der Waals surface area contributed by atoms with Crippen molar-refractivity contribution in [2.45, 2.75) is 31.6 Å². The van der Waals surface area contributed by atoms with E-state index < -0.39 is 0 Å². The smallest absolute Gasteiger partial charge is 0.248 e. The number of benzene rings is 2. The van der Waals surface area contributed by atoms with Crippen LogP contribution in [-0.4, -0.2) is 12.2 Å². The van der Waals surface area contributed by atoms with Gasteiger partial charge in [0.1, 0.15) is 0 Å². The Morgan fingerprint density at radius 3 is 2.43 bits per heavy atom. The van der Waals surface area contributed by atoms with Crippen molar-refractivity contribution in [1.82, 2.24) is 0 Å². The van der Waals surface area contributed by atoms with Gasteiger partial charge in [0.15, 0.2) is 0 Å². The number of carbonyl (C=O) groups is 1. The van der Waals surface area contributed by atoms with Gasteiger partial charge in [0, 0.05) is 16.7 Å². The summed E-state index contributed by atoms with van der Waals surface area (Å²) in [6.07, 6.45) is 5.48. The Balaban J connectivity index is 2.11. The fourth-order valence-corrected chi connectivity index (χ4v) is 2.80. The molecule has 0 atom stereocenters. The number of para-hydroxylation sites is 1. The Bertz CT molecular complexity index is 702. The summed E-state index contributed by atoms with van der Waals surface area (Å²) in [5.74, 6) is 0.267. The molecule has 0 aliphatic heterocycles. The van der Waals surface area contributed by atoms with Crippen molar-refractivity contribution in [3.8, 4) is 0 Å². The minimum Gasteiger partial charge on any atom is -0.322 e. The van der Waals surface area contributed by atoms with Crippen molar-refractivity contribution in [2.24, 2.45) is 0 Å².